The summed E-state index contributed by atoms with van der Waals surface area (Å²) >= 11 is 0. The molecule has 1 aliphatic rings. The van der Waals surface area contributed by atoms with Crippen LogP contribution in [0.4, 0.5) is 4.39 Å². The first kappa shape index (κ1) is 21.2. The van der Waals surface area contributed by atoms with Crippen LogP contribution in [0.1, 0.15) is 35.8 Å². The number of likely N-dealkylation sites (tertiary alicyclic amines) is 1. The number of benzene rings is 2. The van der Waals surface area contributed by atoms with E-state index in [9.17, 15) is 14.0 Å². The second kappa shape index (κ2) is 8.35. The van der Waals surface area contributed by atoms with Gasteiger partial charge < -0.3 is 9.88 Å². The fourth-order valence-electron chi connectivity index (χ4n) is 4.84. The molecule has 7 nitrogen and oxygen atoms in total. The number of aryl methyl sites for hydroxylation is 1. The smallest absolute Gasteiger partial charge is 0.326 e. The number of halogens is 1. The molecule has 8 heteroatoms. The van der Waals surface area contributed by atoms with Gasteiger partial charge in [0, 0.05) is 30.4 Å². The number of hydrogen-bond acceptors (Lipinski definition) is 3. The van der Waals surface area contributed by atoms with E-state index in [0.29, 0.717) is 13.1 Å². The Morgan fingerprint density at radius 1 is 1.09 bits per heavy atom. The molecule has 33 heavy (non-hydrogen) atoms. The number of aromatic amines is 1. The number of piperidine rings is 1. The van der Waals surface area contributed by atoms with Gasteiger partial charge >= 0.3 is 5.69 Å². The van der Waals surface area contributed by atoms with Gasteiger partial charge in [-0.05, 0) is 63.1 Å². The lowest BCUT2D eigenvalue weighted by molar-refractivity contribution is -0.131. The predicted molar refractivity (Wildman–Crippen MR) is 124 cm³/mol. The third-order valence-corrected chi connectivity index (χ3v) is 6.65. The molecule has 5 rings (SSSR count). The predicted octanol–water partition coefficient (Wildman–Crippen LogP) is 3.68. The summed E-state index contributed by atoms with van der Waals surface area (Å²) in [6.07, 6.45) is 1.75. The molecule has 1 amide bonds. The van der Waals surface area contributed by atoms with Gasteiger partial charge in [-0.2, -0.15) is 5.10 Å². The first-order valence-corrected chi connectivity index (χ1v) is 11.2. The van der Waals surface area contributed by atoms with Gasteiger partial charge in [0.25, 0.3) is 0 Å². The molecule has 0 aliphatic carbocycles. The lowest BCUT2D eigenvalue weighted by Crippen LogP contribution is -2.41. The molecule has 1 saturated heterocycles. The van der Waals surface area contributed by atoms with Gasteiger partial charge in [0.1, 0.15) is 5.82 Å². The van der Waals surface area contributed by atoms with E-state index in [0.717, 1.165) is 46.5 Å². The first-order chi connectivity index (χ1) is 15.9. The average molecular weight is 448 g/mol. The van der Waals surface area contributed by atoms with E-state index in [-0.39, 0.29) is 29.9 Å². The van der Waals surface area contributed by atoms with Crippen molar-refractivity contribution in [3.05, 3.63) is 81.8 Å². The lowest BCUT2D eigenvalue weighted by atomic mass is 10.0. The second-order valence-corrected chi connectivity index (χ2v) is 8.64. The van der Waals surface area contributed by atoms with Crippen LogP contribution in [0.2, 0.25) is 0 Å². The van der Waals surface area contributed by atoms with Crippen LogP contribution >= 0.6 is 0 Å². The van der Waals surface area contributed by atoms with Crippen molar-refractivity contribution >= 4 is 16.9 Å². The molecule has 0 radical (unpaired) electrons. The number of fused-ring (bicyclic) bond motifs is 1. The van der Waals surface area contributed by atoms with Gasteiger partial charge in [0.05, 0.1) is 28.8 Å². The van der Waals surface area contributed by atoms with Crippen molar-refractivity contribution < 1.29 is 9.18 Å². The Hall–Kier alpha value is -3.68. The van der Waals surface area contributed by atoms with Crippen LogP contribution in [0.3, 0.4) is 0 Å². The molecule has 4 aromatic rings. The molecular weight excluding hydrogens is 421 g/mol. The summed E-state index contributed by atoms with van der Waals surface area (Å²) in [4.78, 5) is 30.4. The Bertz CT molecular complexity index is 1370. The van der Waals surface area contributed by atoms with Gasteiger partial charge in [-0.15, -0.1) is 0 Å². The lowest BCUT2D eigenvalue weighted by Gasteiger charge is -2.32. The van der Waals surface area contributed by atoms with E-state index in [2.05, 4.69) is 10.1 Å². The van der Waals surface area contributed by atoms with Crippen LogP contribution in [-0.2, 0) is 11.2 Å². The molecule has 1 N–H and O–H groups in total. The maximum Gasteiger partial charge on any atom is 0.326 e. The summed E-state index contributed by atoms with van der Waals surface area (Å²) < 4.78 is 16.9. The third-order valence-electron chi connectivity index (χ3n) is 6.65. The van der Waals surface area contributed by atoms with Crippen molar-refractivity contribution in [2.75, 3.05) is 13.1 Å². The molecule has 2 aromatic heterocycles. The van der Waals surface area contributed by atoms with E-state index in [4.69, 9.17) is 0 Å². The highest BCUT2D eigenvalue weighted by Crippen LogP contribution is 2.26. The SMILES string of the molecule is Cc1nn(-c2ccc(F)cc2)c(C)c1CC(=O)N1CCC(n2c(=O)[nH]c3ccccc32)CC1. The summed E-state index contributed by atoms with van der Waals surface area (Å²) in [6.45, 7) is 5.05. The molecule has 0 unspecified atom stereocenters. The van der Waals surface area contributed by atoms with Gasteiger partial charge in [-0.1, -0.05) is 12.1 Å². The maximum atomic E-state index is 13.3. The van der Waals surface area contributed by atoms with Crippen molar-refractivity contribution in [3.63, 3.8) is 0 Å². The number of nitrogens with zero attached hydrogens (tertiary/aromatic N) is 4. The van der Waals surface area contributed by atoms with Crippen LogP contribution < -0.4 is 5.69 Å². The number of rotatable bonds is 4. The average Bonchev–Trinajstić information content (AvgIpc) is 3.30. The van der Waals surface area contributed by atoms with Gasteiger partial charge in [0.2, 0.25) is 5.91 Å². The highest BCUT2D eigenvalue weighted by molar-refractivity contribution is 5.79. The van der Waals surface area contributed by atoms with Gasteiger partial charge in [-0.3, -0.25) is 9.36 Å². The monoisotopic (exact) mass is 447 g/mol. The standard InChI is InChI=1S/C25H26FN5O2/c1-16-21(17(2)31(28-16)20-9-7-18(26)8-10-20)15-24(32)29-13-11-19(12-14-29)30-23-6-4-3-5-22(23)27-25(30)33/h3-10,19H,11-15H2,1-2H3,(H,27,33). The number of imidazole rings is 1. The molecule has 170 valence electrons. The Balaban J connectivity index is 1.29. The van der Waals surface area contributed by atoms with Crippen molar-refractivity contribution in [3.8, 4) is 5.69 Å². The van der Waals surface area contributed by atoms with E-state index >= 15 is 0 Å². The van der Waals surface area contributed by atoms with E-state index in [1.54, 1.807) is 16.8 Å². The number of carbonyl (C=O) groups excluding carboxylic acids is 1. The summed E-state index contributed by atoms with van der Waals surface area (Å²) in [6, 6.07) is 13.9. The first-order valence-electron chi connectivity index (χ1n) is 11.2. The largest absolute Gasteiger partial charge is 0.342 e. The number of nitrogens with one attached hydrogen (secondary N) is 1. The highest BCUT2D eigenvalue weighted by atomic mass is 19.1. The number of H-pyrrole nitrogens is 1. The normalized spacial score (nSPS) is 14.8. The number of amides is 1. The molecule has 2 aromatic carbocycles. The van der Waals surface area contributed by atoms with Crippen LogP contribution in [-0.4, -0.2) is 43.2 Å². The van der Waals surface area contributed by atoms with Crippen LogP contribution in [0, 0.1) is 19.7 Å². The molecular formula is C25H26FN5O2. The number of hydrogen-bond donors (Lipinski definition) is 1. The number of para-hydroxylation sites is 2. The van der Waals surface area contributed by atoms with Crippen LogP contribution in [0.25, 0.3) is 16.7 Å². The van der Waals surface area contributed by atoms with E-state index < -0.39 is 0 Å². The minimum Gasteiger partial charge on any atom is -0.342 e. The fourth-order valence-corrected chi connectivity index (χ4v) is 4.84. The third kappa shape index (κ3) is 3.86. The zero-order valence-electron chi connectivity index (χ0n) is 18.7. The molecule has 1 fully saturated rings. The topological polar surface area (TPSA) is 75.9 Å². The Labute approximate surface area is 190 Å². The second-order valence-electron chi connectivity index (χ2n) is 8.64. The van der Waals surface area contributed by atoms with Crippen molar-refractivity contribution in [1.82, 2.24) is 24.2 Å². The molecule has 0 atom stereocenters. The van der Waals surface area contributed by atoms with E-state index in [1.165, 1.54) is 12.1 Å². The Morgan fingerprint density at radius 2 is 1.79 bits per heavy atom. The minimum atomic E-state index is -0.297. The number of aromatic nitrogens is 4. The van der Waals surface area contributed by atoms with Crippen molar-refractivity contribution in [2.24, 2.45) is 0 Å². The van der Waals surface area contributed by atoms with Crippen LogP contribution in [0.15, 0.2) is 53.3 Å². The summed E-state index contributed by atoms with van der Waals surface area (Å²) in [5, 5.41) is 4.57. The molecule has 3 heterocycles. The van der Waals surface area contributed by atoms with Crippen molar-refractivity contribution in [1.29, 1.82) is 0 Å². The summed E-state index contributed by atoms with van der Waals surface area (Å²) in [5.74, 6) is -0.237. The van der Waals surface area contributed by atoms with E-state index in [1.807, 2.05) is 47.6 Å². The number of carbonyl (C=O) groups is 1. The molecule has 0 bridgehead atoms. The zero-order valence-corrected chi connectivity index (χ0v) is 18.7. The maximum absolute atomic E-state index is 13.3. The highest BCUT2D eigenvalue weighted by Gasteiger charge is 2.27. The summed E-state index contributed by atoms with van der Waals surface area (Å²) in [7, 11) is 0. The van der Waals surface area contributed by atoms with Crippen LogP contribution in [0.5, 0.6) is 0 Å². The Kier molecular flexibility index (Phi) is 5.36. The summed E-state index contributed by atoms with van der Waals surface area (Å²) in [5.41, 5.74) is 5.00. The molecule has 0 saturated carbocycles. The zero-order chi connectivity index (χ0) is 23.1. The Morgan fingerprint density at radius 3 is 2.52 bits per heavy atom. The van der Waals surface area contributed by atoms with Gasteiger partial charge in [-0.25, -0.2) is 13.9 Å². The molecule has 0 spiro atoms. The van der Waals surface area contributed by atoms with Crippen molar-refractivity contribution in [2.45, 2.75) is 39.2 Å². The minimum absolute atomic E-state index is 0.0598. The molecule has 1 aliphatic heterocycles. The van der Waals surface area contributed by atoms with Gasteiger partial charge in [0.15, 0.2) is 0 Å². The fraction of sp³-hybridized carbons (Fsp3) is 0.320. The quantitative estimate of drug-likeness (QED) is 0.519.